The lowest BCUT2D eigenvalue weighted by atomic mass is 9.63. The molecule has 1 heterocycles. The number of amides is 1. The number of nitrogens with zero attached hydrogens (tertiary/aromatic N) is 1. The number of fused-ring (bicyclic) bond motifs is 1. The number of H-pyrrole nitrogens is 1. The molecule has 1 unspecified atom stereocenters. The van der Waals surface area contributed by atoms with E-state index in [9.17, 15) is 4.79 Å². The molecule has 5 nitrogen and oxygen atoms in total. The van der Waals surface area contributed by atoms with Gasteiger partial charge in [0.1, 0.15) is 0 Å². The number of rotatable bonds is 4. The first-order valence-corrected chi connectivity index (χ1v) is 9.94. The maximum absolute atomic E-state index is 12.6. The normalized spacial score (nSPS) is 28.1. The number of carbonyl (C=O) groups is 1. The van der Waals surface area contributed by atoms with Gasteiger partial charge < -0.3 is 16.0 Å². The number of benzene rings is 1. The topological polar surface area (TPSA) is 83.8 Å². The Morgan fingerprint density at radius 1 is 1.37 bits per heavy atom. The van der Waals surface area contributed by atoms with Gasteiger partial charge in [-0.15, -0.1) is 0 Å². The van der Waals surface area contributed by atoms with Crippen molar-refractivity contribution >= 4 is 28.5 Å². The summed E-state index contributed by atoms with van der Waals surface area (Å²) in [6.07, 6.45) is 12.7. The summed E-state index contributed by atoms with van der Waals surface area (Å²) in [5.41, 5.74) is 8.68. The van der Waals surface area contributed by atoms with Gasteiger partial charge in [-0.05, 0) is 74.3 Å². The second-order valence-electron chi connectivity index (χ2n) is 7.76. The molecule has 1 aromatic heterocycles. The Morgan fingerprint density at radius 2 is 2.19 bits per heavy atom. The van der Waals surface area contributed by atoms with Crippen molar-refractivity contribution in [1.29, 1.82) is 0 Å². The summed E-state index contributed by atoms with van der Waals surface area (Å²) in [4.78, 5) is 19.9. The average Bonchev–Trinajstić information content (AvgIpc) is 3.16. The molecule has 2 aliphatic rings. The molecule has 6 heteroatoms. The minimum Gasteiger partial charge on any atom is -0.349 e. The number of nitrogens with two attached hydrogens (primary N) is 1. The predicted molar refractivity (Wildman–Crippen MR) is 108 cm³/mol. The van der Waals surface area contributed by atoms with Gasteiger partial charge in [0.15, 0.2) is 0 Å². The van der Waals surface area contributed by atoms with Gasteiger partial charge in [0.2, 0.25) is 0 Å². The molecule has 1 saturated carbocycles. The van der Waals surface area contributed by atoms with Crippen LogP contribution in [0.3, 0.4) is 0 Å². The summed E-state index contributed by atoms with van der Waals surface area (Å²) in [6, 6.07) is 5.74. The maximum atomic E-state index is 12.6. The summed E-state index contributed by atoms with van der Waals surface area (Å²) in [6.45, 7) is 0.655. The number of aromatic nitrogens is 2. The van der Waals surface area contributed by atoms with Gasteiger partial charge in [-0.2, -0.15) is 0 Å². The maximum Gasteiger partial charge on any atom is 0.251 e. The van der Waals surface area contributed by atoms with Crippen LogP contribution >= 0.6 is 11.6 Å². The molecule has 1 atom stereocenters. The van der Waals surface area contributed by atoms with Crippen molar-refractivity contribution in [1.82, 2.24) is 15.3 Å². The van der Waals surface area contributed by atoms with Gasteiger partial charge in [0.25, 0.3) is 5.91 Å². The second kappa shape index (κ2) is 7.49. The van der Waals surface area contributed by atoms with Crippen molar-refractivity contribution in [3.05, 3.63) is 53.4 Å². The van der Waals surface area contributed by atoms with E-state index in [0.29, 0.717) is 18.0 Å². The molecule has 0 bridgehead atoms. The number of nitrogens with one attached hydrogen (secondary N) is 2. The fraction of sp³-hybridized carbons (Fsp3) is 0.429. The van der Waals surface area contributed by atoms with Gasteiger partial charge in [0.05, 0.1) is 17.4 Å². The molecule has 0 aliphatic heterocycles. The standard InChI is InChI=1S/C21H25ClN4O/c22-16-3-1-2-15(11-16)21(12-23)8-6-17(7-9-21)26-20(27)14-4-5-18-19(10-14)25-13-24-18/h1-5,10,13,15,17H,6-9,11-12,23H2,(H,24,25)(H,26,27)/t15?,17-,21-. The van der Waals surface area contributed by atoms with Crippen LogP contribution in [0.25, 0.3) is 11.0 Å². The molecule has 0 radical (unpaired) electrons. The zero-order chi connectivity index (χ0) is 18.9. The monoisotopic (exact) mass is 384 g/mol. The summed E-state index contributed by atoms with van der Waals surface area (Å²) in [5, 5.41) is 4.09. The van der Waals surface area contributed by atoms with Crippen molar-refractivity contribution in [2.24, 2.45) is 17.1 Å². The molecule has 1 fully saturated rings. The highest BCUT2D eigenvalue weighted by Gasteiger charge is 2.40. The molecule has 2 aliphatic carbocycles. The van der Waals surface area contributed by atoms with E-state index in [1.54, 1.807) is 6.33 Å². The highest BCUT2D eigenvalue weighted by atomic mass is 35.5. The van der Waals surface area contributed by atoms with E-state index in [1.807, 2.05) is 30.4 Å². The van der Waals surface area contributed by atoms with Crippen LogP contribution in [0, 0.1) is 11.3 Å². The van der Waals surface area contributed by atoms with Crippen LogP contribution in [-0.4, -0.2) is 28.5 Å². The Kier molecular flexibility index (Phi) is 5.06. The van der Waals surface area contributed by atoms with Crippen molar-refractivity contribution in [3.63, 3.8) is 0 Å². The van der Waals surface area contributed by atoms with Crippen LogP contribution in [0.1, 0.15) is 42.5 Å². The molecule has 4 rings (SSSR count). The Bertz CT molecular complexity index is 892. The molecule has 0 saturated heterocycles. The number of hydrogen-bond donors (Lipinski definition) is 3. The van der Waals surface area contributed by atoms with Crippen molar-refractivity contribution in [2.45, 2.75) is 38.1 Å². The van der Waals surface area contributed by atoms with Crippen molar-refractivity contribution in [2.75, 3.05) is 6.54 Å². The van der Waals surface area contributed by atoms with Gasteiger partial charge in [-0.3, -0.25) is 4.79 Å². The molecule has 142 valence electrons. The van der Waals surface area contributed by atoms with Gasteiger partial charge >= 0.3 is 0 Å². The molecule has 2 aromatic rings. The zero-order valence-corrected chi connectivity index (χ0v) is 16.0. The SMILES string of the molecule is NC[C@]1(C2C=CC=C(Cl)C2)CC[C@H](NC(=O)c2ccc3[nH]cnc3c2)CC1. The number of carbonyl (C=O) groups excluding carboxylic acids is 1. The first kappa shape index (κ1) is 18.3. The molecule has 1 amide bonds. The molecule has 1 aromatic carbocycles. The molecule has 0 spiro atoms. The number of imidazole rings is 1. The summed E-state index contributed by atoms with van der Waals surface area (Å²) in [7, 11) is 0. The van der Waals surface area contributed by atoms with E-state index in [4.69, 9.17) is 17.3 Å². The lowest BCUT2D eigenvalue weighted by Crippen LogP contribution is -2.46. The van der Waals surface area contributed by atoms with E-state index >= 15 is 0 Å². The molecule has 27 heavy (non-hydrogen) atoms. The molecular weight excluding hydrogens is 360 g/mol. The van der Waals surface area contributed by atoms with E-state index in [-0.39, 0.29) is 17.4 Å². The minimum atomic E-state index is -0.0336. The number of allylic oxidation sites excluding steroid dienone is 4. The van der Waals surface area contributed by atoms with Crippen LogP contribution in [0.4, 0.5) is 0 Å². The van der Waals surface area contributed by atoms with Crippen LogP contribution in [0.2, 0.25) is 0 Å². The first-order valence-electron chi connectivity index (χ1n) is 9.56. The summed E-state index contributed by atoms with van der Waals surface area (Å²) in [5.74, 6) is 0.354. The fourth-order valence-electron chi connectivity index (χ4n) is 4.47. The van der Waals surface area contributed by atoms with Crippen LogP contribution in [-0.2, 0) is 0 Å². The lowest BCUT2D eigenvalue weighted by molar-refractivity contribution is 0.0853. The zero-order valence-electron chi connectivity index (χ0n) is 15.2. The van der Waals surface area contributed by atoms with Crippen molar-refractivity contribution in [3.8, 4) is 0 Å². The number of aromatic amines is 1. The summed E-state index contributed by atoms with van der Waals surface area (Å²) < 4.78 is 0. The molecule has 4 N–H and O–H groups in total. The van der Waals surface area contributed by atoms with Crippen LogP contribution < -0.4 is 11.1 Å². The Balaban J connectivity index is 1.39. The smallest absolute Gasteiger partial charge is 0.251 e. The third kappa shape index (κ3) is 3.66. The van der Waals surface area contributed by atoms with Crippen LogP contribution in [0.5, 0.6) is 0 Å². The Morgan fingerprint density at radius 3 is 2.93 bits per heavy atom. The van der Waals surface area contributed by atoms with Gasteiger partial charge in [-0.25, -0.2) is 4.98 Å². The lowest BCUT2D eigenvalue weighted by Gasteiger charge is -2.44. The van der Waals surface area contributed by atoms with Crippen molar-refractivity contribution < 1.29 is 4.79 Å². The van der Waals surface area contributed by atoms with Crippen LogP contribution in [0.15, 0.2) is 47.8 Å². The highest BCUT2D eigenvalue weighted by Crippen LogP contribution is 2.46. The average molecular weight is 385 g/mol. The minimum absolute atomic E-state index is 0.0336. The van der Waals surface area contributed by atoms with E-state index in [2.05, 4.69) is 21.4 Å². The van der Waals surface area contributed by atoms with Gasteiger partial charge in [-0.1, -0.05) is 23.8 Å². The third-order valence-corrected chi connectivity index (χ3v) is 6.51. The van der Waals surface area contributed by atoms with Gasteiger partial charge in [0, 0.05) is 16.6 Å². The Hall–Kier alpha value is -2.11. The highest BCUT2D eigenvalue weighted by molar-refractivity contribution is 6.29. The Labute approximate surface area is 164 Å². The van der Waals surface area contributed by atoms with E-state index in [0.717, 1.165) is 48.2 Å². The predicted octanol–water partition coefficient (Wildman–Crippen LogP) is 3.88. The summed E-state index contributed by atoms with van der Waals surface area (Å²) >= 11 is 6.25. The second-order valence-corrected chi connectivity index (χ2v) is 8.24. The third-order valence-electron chi connectivity index (χ3n) is 6.23. The largest absolute Gasteiger partial charge is 0.349 e. The van der Waals surface area contributed by atoms with E-state index < -0.39 is 0 Å². The molecular formula is C21H25ClN4O. The van der Waals surface area contributed by atoms with E-state index in [1.165, 1.54) is 0 Å². The first-order chi connectivity index (χ1) is 13.1. The fourth-order valence-corrected chi connectivity index (χ4v) is 4.71. The number of hydrogen-bond acceptors (Lipinski definition) is 3. The number of halogens is 1. The quantitative estimate of drug-likeness (QED) is 0.747.